The summed E-state index contributed by atoms with van der Waals surface area (Å²) in [6.07, 6.45) is 10.6. The highest BCUT2D eigenvalue weighted by Crippen LogP contribution is 2.57. The Bertz CT molecular complexity index is 2100. The molecular formula is C41H50ClN5O6S. The number of hydrogen-bond acceptors (Lipinski definition) is 8. The molecule has 11 nitrogen and oxygen atoms in total. The first-order valence-corrected chi connectivity index (χ1v) is 20.9. The van der Waals surface area contributed by atoms with Crippen LogP contribution in [0.3, 0.4) is 0 Å². The van der Waals surface area contributed by atoms with Crippen molar-refractivity contribution in [3.8, 4) is 11.5 Å². The zero-order chi connectivity index (χ0) is 38.1. The molecule has 7 rings (SSSR count). The number of ether oxygens (including phenoxy) is 2. The topological polar surface area (TPSA) is 145 Å². The fourth-order valence-corrected chi connectivity index (χ4v) is 10.5. The summed E-state index contributed by atoms with van der Waals surface area (Å²) < 4.78 is 42.1. The number of sulfonamides is 1. The maximum Gasteiger partial charge on any atom is 0.329 e. The smallest absolute Gasteiger partial charge is 0.329 e. The van der Waals surface area contributed by atoms with E-state index in [0.29, 0.717) is 54.7 Å². The number of nitrogens with zero attached hydrogens (tertiary/aromatic N) is 3. The van der Waals surface area contributed by atoms with Gasteiger partial charge in [-0.25, -0.2) is 17.9 Å². The van der Waals surface area contributed by atoms with Gasteiger partial charge in [-0.1, -0.05) is 37.6 Å². The van der Waals surface area contributed by atoms with Crippen molar-refractivity contribution in [1.29, 1.82) is 0 Å². The van der Waals surface area contributed by atoms with Gasteiger partial charge in [-0.2, -0.15) is 5.10 Å². The van der Waals surface area contributed by atoms with E-state index in [1.54, 1.807) is 19.2 Å². The molecule has 0 unspecified atom stereocenters. The van der Waals surface area contributed by atoms with Crippen molar-refractivity contribution in [2.24, 2.45) is 18.9 Å². The predicted octanol–water partition coefficient (Wildman–Crippen LogP) is 7.29. The fraction of sp³-hybridized carbons (Fsp3) is 0.488. The van der Waals surface area contributed by atoms with Crippen molar-refractivity contribution in [2.45, 2.75) is 93.5 Å². The van der Waals surface area contributed by atoms with Gasteiger partial charge < -0.3 is 19.9 Å². The second-order valence-electron chi connectivity index (χ2n) is 15.6. The number of benzene rings is 2. The molecule has 1 spiro atoms. The van der Waals surface area contributed by atoms with E-state index in [-0.39, 0.29) is 35.4 Å². The van der Waals surface area contributed by atoms with E-state index in [2.05, 4.69) is 46.1 Å². The van der Waals surface area contributed by atoms with Gasteiger partial charge in [0.05, 0.1) is 12.8 Å². The third kappa shape index (κ3) is 7.70. The van der Waals surface area contributed by atoms with E-state index in [0.717, 1.165) is 43.5 Å². The molecule has 54 heavy (non-hydrogen) atoms. The number of carboxylic acids is 1. The molecule has 2 heterocycles. The quantitative estimate of drug-likeness (QED) is 0.113. The molecule has 0 bridgehead atoms. The Kier molecular flexibility index (Phi) is 11.0. The minimum Gasteiger partial charge on any atom is -0.493 e. The Balaban J connectivity index is 1.09. The number of carbonyl (C=O) groups is 1. The van der Waals surface area contributed by atoms with E-state index < -0.39 is 21.5 Å². The third-order valence-electron chi connectivity index (χ3n) is 12.0. The van der Waals surface area contributed by atoms with E-state index in [1.807, 2.05) is 30.5 Å². The van der Waals surface area contributed by atoms with Crippen LogP contribution in [0.25, 0.3) is 0 Å². The Morgan fingerprint density at radius 3 is 2.65 bits per heavy atom. The largest absolute Gasteiger partial charge is 0.493 e. The van der Waals surface area contributed by atoms with E-state index in [4.69, 9.17) is 21.1 Å². The number of halogens is 1. The second-order valence-corrected chi connectivity index (χ2v) is 17.7. The van der Waals surface area contributed by atoms with Crippen molar-refractivity contribution in [3.05, 3.63) is 94.4 Å². The average Bonchev–Trinajstić information content (AvgIpc) is 3.71. The van der Waals surface area contributed by atoms with Crippen LogP contribution >= 0.6 is 11.6 Å². The highest BCUT2D eigenvalue weighted by atomic mass is 35.5. The minimum atomic E-state index is -3.73. The van der Waals surface area contributed by atoms with Crippen LogP contribution in [0.1, 0.15) is 87.1 Å². The van der Waals surface area contributed by atoms with Crippen molar-refractivity contribution in [1.82, 2.24) is 19.5 Å². The lowest BCUT2D eigenvalue weighted by Gasteiger charge is -2.47. The summed E-state index contributed by atoms with van der Waals surface area (Å²) in [5, 5.41) is 18.6. The lowest BCUT2D eigenvalue weighted by atomic mass is 9.59. The molecule has 3 aliphatic carbocycles. The Hall–Kier alpha value is -4.13. The number of pyridine rings is 1. The van der Waals surface area contributed by atoms with Crippen LogP contribution in [0, 0.1) is 11.8 Å². The highest BCUT2D eigenvalue weighted by molar-refractivity contribution is 7.89. The van der Waals surface area contributed by atoms with Crippen LogP contribution in [0.2, 0.25) is 5.02 Å². The van der Waals surface area contributed by atoms with Crippen LogP contribution in [0.5, 0.6) is 11.5 Å². The normalized spacial score (nSPS) is 24.1. The molecule has 3 aliphatic rings. The van der Waals surface area contributed by atoms with Crippen molar-refractivity contribution in [3.63, 3.8) is 0 Å². The molecule has 0 radical (unpaired) electrons. The molecule has 2 aromatic heterocycles. The van der Waals surface area contributed by atoms with Gasteiger partial charge in [-0.15, -0.1) is 0 Å². The Morgan fingerprint density at radius 2 is 1.91 bits per heavy atom. The summed E-state index contributed by atoms with van der Waals surface area (Å²) in [4.78, 5) is 17.6. The monoisotopic (exact) mass is 775 g/mol. The summed E-state index contributed by atoms with van der Waals surface area (Å²) in [7, 11) is -2.15. The van der Waals surface area contributed by atoms with Gasteiger partial charge in [0.15, 0.2) is 5.03 Å². The molecule has 1 saturated carbocycles. The van der Waals surface area contributed by atoms with Crippen LogP contribution in [-0.4, -0.2) is 59.6 Å². The molecule has 3 atom stereocenters. The van der Waals surface area contributed by atoms with Crippen LogP contribution in [0.15, 0.2) is 72.0 Å². The van der Waals surface area contributed by atoms with Gasteiger partial charge in [-0.3, -0.25) is 9.67 Å². The fourth-order valence-electron chi connectivity index (χ4n) is 9.21. The first-order chi connectivity index (χ1) is 25.9. The number of hydrogen-bond donors (Lipinski definition) is 3. The van der Waals surface area contributed by atoms with Gasteiger partial charge in [0.25, 0.3) is 10.0 Å². The van der Waals surface area contributed by atoms with E-state index in [9.17, 15) is 18.3 Å². The molecule has 13 heteroatoms. The molecule has 3 N–H and O–H groups in total. The Labute approximate surface area is 322 Å². The molecule has 288 valence electrons. The number of rotatable bonds is 14. The zero-order valence-electron chi connectivity index (χ0n) is 31.2. The number of nitrogens with one attached hydrogen (secondary N) is 2. The van der Waals surface area contributed by atoms with Crippen LogP contribution in [-0.2, 0) is 40.1 Å². The highest BCUT2D eigenvalue weighted by Gasteiger charge is 2.54. The number of aryl methyl sites for hydroxylation is 2. The average molecular weight is 776 g/mol. The second kappa shape index (κ2) is 15.5. The summed E-state index contributed by atoms with van der Waals surface area (Å²) in [5.41, 5.74) is 4.16. The van der Waals surface area contributed by atoms with Crippen molar-refractivity contribution >= 4 is 33.3 Å². The standard InChI is InChI=1S/C41H50ClN5O6S/c1-27(26-53-36-12-18-43-35-9-4-6-28(2)38(35)36)22-30-23-29-10-11-33(52-21-20-45-54(50,51)37-13-19-44-47(37)3)25-34(29)40(30)14-16-41(17-15-40,39(48)49)46-32-8-5-7-31(42)24-32/h5,7-8,10-13,18-19,24-25,27-28,30,45-46H,4,6,9,14-17,20-23,26H2,1-3H3,(H,48,49)/t27-,28-,30+,40?,41?/m1/s1. The summed E-state index contributed by atoms with van der Waals surface area (Å²) in [6.45, 7) is 5.33. The molecule has 0 amide bonds. The predicted molar refractivity (Wildman–Crippen MR) is 208 cm³/mol. The lowest BCUT2D eigenvalue weighted by Crippen LogP contribution is -2.53. The number of anilines is 1. The molecule has 0 aliphatic heterocycles. The number of aromatic nitrogens is 3. The van der Waals surface area contributed by atoms with Crippen LogP contribution in [0.4, 0.5) is 5.69 Å². The SMILES string of the molecule is C[C@@H](COc1ccnc2c1[C@H](C)CCC2)C[C@H]1Cc2ccc(OCCNS(=O)(=O)c3ccnn3C)cc2C12CCC(Nc1cccc(Cl)c1)(C(=O)O)CC2. The summed E-state index contributed by atoms with van der Waals surface area (Å²) in [5.74, 6) is 1.69. The van der Waals surface area contributed by atoms with Crippen molar-refractivity contribution in [2.75, 3.05) is 25.1 Å². The number of aliphatic carboxylic acids is 1. The van der Waals surface area contributed by atoms with E-state index >= 15 is 0 Å². The van der Waals surface area contributed by atoms with Crippen molar-refractivity contribution < 1.29 is 27.8 Å². The molecule has 2 aromatic carbocycles. The number of fused-ring (bicyclic) bond motifs is 3. The van der Waals surface area contributed by atoms with Gasteiger partial charge in [-0.05, 0) is 135 Å². The van der Waals surface area contributed by atoms with Crippen LogP contribution < -0.4 is 19.5 Å². The lowest BCUT2D eigenvalue weighted by molar-refractivity contribution is -0.144. The Morgan fingerprint density at radius 1 is 1.09 bits per heavy atom. The molecule has 4 aromatic rings. The summed E-state index contributed by atoms with van der Waals surface area (Å²) in [6, 6.07) is 16.9. The van der Waals surface area contributed by atoms with Gasteiger partial charge in [0, 0.05) is 41.8 Å². The first-order valence-electron chi connectivity index (χ1n) is 19.0. The first kappa shape index (κ1) is 38.2. The summed E-state index contributed by atoms with van der Waals surface area (Å²) >= 11 is 6.28. The number of carboxylic acid groups (broad SMARTS) is 1. The zero-order valence-corrected chi connectivity index (χ0v) is 32.8. The molecule has 1 fully saturated rings. The van der Waals surface area contributed by atoms with Gasteiger partial charge >= 0.3 is 5.97 Å². The molecule has 0 saturated heterocycles. The van der Waals surface area contributed by atoms with Gasteiger partial charge in [0.2, 0.25) is 0 Å². The van der Waals surface area contributed by atoms with E-state index in [1.165, 1.54) is 33.6 Å². The molecular weight excluding hydrogens is 726 g/mol. The van der Waals surface area contributed by atoms with Gasteiger partial charge in [0.1, 0.15) is 23.6 Å². The third-order valence-corrected chi connectivity index (χ3v) is 13.7. The maximum absolute atomic E-state index is 13.0. The maximum atomic E-state index is 13.0. The minimum absolute atomic E-state index is 0.0851.